The molecule has 2 amide bonds. The second-order valence-corrected chi connectivity index (χ2v) is 10.5. The van der Waals surface area contributed by atoms with Crippen molar-refractivity contribution in [2.45, 2.75) is 13.5 Å². The van der Waals surface area contributed by atoms with Crippen LogP contribution >= 0.6 is 11.6 Å². The van der Waals surface area contributed by atoms with E-state index in [1.165, 1.54) is 12.0 Å². The summed E-state index contributed by atoms with van der Waals surface area (Å²) >= 11 is 6.26. The number of hydrogen-bond donors (Lipinski definition) is 1. The van der Waals surface area contributed by atoms with Crippen LogP contribution in [-0.4, -0.2) is 26.0 Å². The molecule has 0 aliphatic heterocycles. The summed E-state index contributed by atoms with van der Waals surface area (Å²) < 4.78 is 11.7. The Bertz CT molecular complexity index is 1750. The van der Waals surface area contributed by atoms with Gasteiger partial charge in [-0.05, 0) is 53.9 Å². The highest BCUT2D eigenvalue weighted by atomic mass is 35.5. The van der Waals surface area contributed by atoms with Crippen molar-refractivity contribution in [3.8, 4) is 22.6 Å². The quantitative estimate of drug-likeness (QED) is 0.187. The minimum atomic E-state index is -0.314. The molecule has 216 valence electrons. The van der Waals surface area contributed by atoms with E-state index in [1.807, 2.05) is 79.7 Å². The van der Waals surface area contributed by atoms with Crippen molar-refractivity contribution in [3.63, 3.8) is 0 Å². The largest absolute Gasteiger partial charge is 0.496 e. The van der Waals surface area contributed by atoms with Gasteiger partial charge in [-0.15, -0.1) is 0 Å². The zero-order chi connectivity index (χ0) is 30.3. The maximum absolute atomic E-state index is 13.7. The van der Waals surface area contributed by atoms with Crippen molar-refractivity contribution >= 4 is 34.8 Å². The van der Waals surface area contributed by atoms with Crippen molar-refractivity contribution in [2.75, 3.05) is 24.4 Å². The molecule has 1 N–H and O–H groups in total. The Balaban J connectivity index is 1.36. The molecule has 0 saturated carbocycles. The molecule has 0 aliphatic carbocycles. The summed E-state index contributed by atoms with van der Waals surface area (Å²) in [5, 5.41) is 3.45. The van der Waals surface area contributed by atoms with Crippen molar-refractivity contribution in [1.82, 2.24) is 0 Å². The maximum atomic E-state index is 13.7. The van der Waals surface area contributed by atoms with E-state index in [9.17, 15) is 9.59 Å². The molecule has 7 heteroatoms. The first-order chi connectivity index (χ1) is 20.8. The van der Waals surface area contributed by atoms with E-state index in [0.29, 0.717) is 45.6 Å². The topological polar surface area (TPSA) is 67.9 Å². The number of carbonyl (C=O) groups is 2. The smallest absolute Gasteiger partial charge is 0.261 e. The minimum absolute atomic E-state index is 0.268. The fraction of sp³-hybridized carbons (Fsp3) is 0.111. The van der Waals surface area contributed by atoms with E-state index >= 15 is 0 Å². The molecule has 0 spiro atoms. The third-order valence-corrected chi connectivity index (χ3v) is 7.28. The first-order valence-corrected chi connectivity index (χ1v) is 14.1. The molecule has 0 bridgehead atoms. The number of benzene rings is 5. The number of rotatable bonds is 9. The molecule has 0 saturated heterocycles. The normalized spacial score (nSPS) is 10.6. The van der Waals surface area contributed by atoms with Crippen LogP contribution < -0.4 is 19.7 Å². The number of carbonyl (C=O) groups excluding carboxylic acids is 2. The van der Waals surface area contributed by atoms with Crippen LogP contribution in [-0.2, 0) is 6.61 Å². The average Bonchev–Trinajstić information content (AvgIpc) is 3.04. The number of hydrogen-bond acceptors (Lipinski definition) is 4. The highest BCUT2D eigenvalue weighted by Crippen LogP contribution is 2.34. The average molecular weight is 591 g/mol. The summed E-state index contributed by atoms with van der Waals surface area (Å²) in [6.07, 6.45) is 0. The van der Waals surface area contributed by atoms with Crippen LogP contribution in [0.5, 0.6) is 11.5 Å². The lowest BCUT2D eigenvalue weighted by molar-refractivity contribution is 0.0988. The zero-order valence-electron chi connectivity index (χ0n) is 24.1. The van der Waals surface area contributed by atoms with Gasteiger partial charge in [0, 0.05) is 35.5 Å². The zero-order valence-corrected chi connectivity index (χ0v) is 24.9. The first-order valence-electron chi connectivity index (χ1n) is 13.7. The van der Waals surface area contributed by atoms with E-state index < -0.39 is 0 Å². The van der Waals surface area contributed by atoms with Gasteiger partial charge in [0.05, 0.1) is 18.4 Å². The van der Waals surface area contributed by atoms with E-state index in [0.717, 1.165) is 22.3 Å². The van der Waals surface area contributed by atoms with Crippen molar-refractivity contribution < 1.29 is 19.1 Å². The summed E-state index contributed by atoms with van der Waals surface area (Å²) in [7, 11) is 3.15. The molecular formula is C36H31ClN2O4. The SMILES string of the molecule is COc1cc(NC(=O)c2ccccc2-c2ccc(C)cc2)ccc1C(=O)N(C)c1ccc(Cl)cc1OCc1ccccc1. The Morgan fingerprint density at radius 1 is 0.791 bits per heavy atom. The Hall–Kier alpha value is -5.07. The molecule has 0 aliphatic rings. The lowest BCUT2D eigenvalue weighted by Crippen LogP contribution is -2.27. The van der Waals surface area contributed by atoms with Crippen LogP contribution in [0.25, 0.3) is 11.1 Å². The summed E-state index contributed by atoms with van der Waals surface area (Å²) in [6.45, 7) is 2.34. The van der Waals surface area contributed by atoms with Crippen LogP contribution in [0.1, 0.15) is 31.8 Å². The molecule has 0 fully saturated rings. The second kappa shape index (κ2) is 13.3. The van der Waals surface area contributed by atoms with Gasteiger partial charge in [0.2, 0.25) is 0 Å². The van der Waals surface area contributed by atoms with Gasteiger partial charge in [-0.25, -0.2) is 0 Å². The Morgan fingerprint density at radius 2 is 1.51 bits per heavy atom. The van der Waals surface area contributed by atoms with Crippen LogP contribution in [0.4, 0.5) is 11.4 Å². The molecule has 0 atom stereocenters. The number of nitrogens with one attached hydrogen (secondary N) is 1. The number of nitrogens with zero attached hydrogens (tertiary/aromatic N) is 1. The van der Waals surface area contributed by atoms with Gasteiger partial charge in [0.1, 0.15) is 18.1 Å². The molecule has 5 aromatic rings. The lowest BCUT2D eigenvalue weighted by Gasteiger charge is -2.22. The minimum Gasteiger partial charge on any atom is -0.496 e. The lowest BCUT2D eigenvalue weighted by atomic mass is 9.98. The number of amides is 2. The van der Waals surface area contributed by atoms with Gasteiger partial charge in [-0.2, -0.15) is 0 Å². The fourth-order valence-corrected chi connectivity index (χ4v) is 4.88. The Morgan fingerprint density at radius 3 is 2.26 bits per heavy atom. The molecule has 5 rings (SSSR count). The molecule has 0 aromatic heterocycles. The monoisotopic (exact) mass is 590 g/mol. The fourth-order valence-electron chi connectivity index (χ4n) is 4.72. The van der Waals surface area contributed by atoms with Crippen LogP contribution in [0.3, 0.4) is 0 Å². The van der Waals surface area contributed by atoms with Crippen LogP contribution in [0.15, 0.2) is 115 Å². The van der Waals surface area contributed by atoms with Gasteiger partial charge < -0.3 is 19.7 Å². The predicted octanol–water partition coefficient (Wildman–Crippen LogP) is 8.43. The third kappa shape index (κ3) is 6.88. The maximum Gasteiger partial charge on any atom is 0.261 e. The van der Waals surface area contributed by atoms with Gasteiger partial charge >= 0.3 is 0 Å². The third-order valence-electron chi connectivity index (χ3n) is 7.05. The highest BCUT2D eigenvalue weighted by molar-refractivity contribution is 6.31. The summed E-state index contributed by atoms with van der Waals surface area (Å²) in [5.74, 6) is 0.214. The second-order valence-electron chi connectivity index (χ2n) is 10.0. The number of methoxy groups -OCH3 is 1. The highest BCUT2D eigenvalue weighted by Gasteiger charge is 2.22. The van der Waals surface area contributed by atoms with E-state index in [1.54, 1.807) is 49.5 Å². The van der Waals surface area contributed by atoms with Gasteiger partial charge in [0.15, 0.2) is 0 Å². The summed E-state index contributed by atoms with van der Waals surface area (Å²) in [5.41, 5.74) is 5.83. The number of anilines is 2. The van der Waals surface area contributed by atoms with Crippen LogP contribution in [0, 0.1) is 6.92 Å². The Kier molecular flexibility index (Phi) is 9.08. The van der Waals surface area contributed by atoms with E-state index in [4.69, 9.17) is 21.1 Å². The molecule has 0 radical (unpaired) electrons. The Labute approximate surface area is 256 Å². The van der Waals surface area contributed by atoms with Crippen molar-refractivity contribution in [2.24, 2.45) is 0 Å². The van der Waals surface area contributed by atoms with Gasteiger partial charge in [-0.3, -0.25) is 9.59 Å². The van der Waals surface area contributed by atoms with Crippen molar-refractivity contribution in [3.05, 3.63) is 143 Å². The summed E-state index contributed by atoms with van der Waals surface area (Å²) in [4.78, 5) is 28.5. The first kappa shape index (κ1) is 29.4. The molecule has 5 aromatic carbocycles. The molecule has 6 nitrogen and oxygen atoms in total. The number of halogens is 1. The molecule has 0 unspecified atom stereocenters. The standard InChI is InChI=1S/C36H31ClN2O4/c1-24-13-15-26(16-14-24)29-11-7-8-12-30(29)35(40)38-28-18-19-31(33(22-28)42-3)36(41)39(2)32-20-17-27(37)21-34(32)43-23-25-9-5-4-6-10-25/h4-22H,23H2,1-3H3,(H,38,40). The predicted molar refractivity (Wildman–Crippen MR) is 173 cm³/mol. The number of aryl methyl sites for hydroxylation is 1. The summed E-state index contributed by atoms with van der Waals surface area (Å²) in [6, 6.07) is 35.3. The molecule has 0 heterocycles. The molecular weight excluding hydrogens is 560 g/mol. The van der Waals surface area contributed by atoms with Gasteiger partial charge in [0.25, 0.3) is 11.8 Å². The van der Waals surface area contributed by atoms with Crippen LogP contribution in [0.2, 0.25) is 5.02 Å². The number of ether oxygens (including phenoxy) is 2. The van der Waals surface area contributed by atoms with Crippen molar-refractivity contribution in [1.29, 1.82) is 0 Å². The van der Waals surface area contributed by atoms with E-state index in [-0.39, 0.29) is 11.8 Å². The van der Waals surface area contributed by atoms with Gasteiger partial charge in [-0.1, -0.05) is 90.0 Å². The van der Waals surface area contributed by atoms with E-state index in [2.05, 4.69) is 5.32 Å². The molecule has 43 heavy (non-hydrogen) atoms.